The molecule has 2 aromatic rings. The summed E-state index contributed by atoms with van der Waals surface area (Å²) in [5.41, 5.74) is 1.42. The minimum Gasteiger partial charge on any atom is -0.377 e. The topological polar surface area (TPSA) is 75.5 Å². The summed E-state index contributed by atoms with van der Waals surface area (Å²) in [6.45, 7) is 0. The number of carbonyl (C=O) groups is 1. The van der Waals surface area contributed by atoms with Crippen molar-refractivity contribution in [1.29, 1.82) is 0 Å². The fourth-order valence-electron chi connectivity index (χ4n) is 1.97. The Balaban J connectivity index is 2.38. The zero-order chi connectivity index (χ0) is 16.3. The largest absolute Gasteiger partial charge is 0.377 e. The van der Waals surface area contributed by atoms with Gasteiger partial charge in [0.1, 0.15) is 0 Å². The van der Waals surface area contributed by atoms with Gasteiger partial charge in [0.2, 0.25) is 0 Å². The van der Waals surface area contributed by atoms with E-state index in [9.17, 15) is 14.9 Å². The van der Waals surface area contributed by atoms with Crippen molar-refractivity contribution in [3.05, 3.63) is 61.7 Å². The number of benzene rings is 2. The van der Waals surface area contributed by atoms with Crippen LogP contribution in [0.15, 0.2) is 42.5 Å². The lowest BCUT2D eigenvalue weighted by Crippen LogP contribution is -2.18. The maximum absolute atomic E-state index is 12.5. The van der Waals surface area contributed by atoms with Gasteiger partial charge in [-0.3, -0.25) is 14.9 Å². The second-order valence-corrected chi connectivity index (χ2v) is 6.06. The smallest absolute Gasteiger partial charge is 0.270 e. The van der Waals surface area contributed by atoms with Gasteiger partial charge in [-0.1, -0.05) is 6.07 Å². The van der Waals surface area contributed by atoms with E-state index < -0.39 is 4.92 Å². The van der Waals surface area contributed by atoms with Gasteiger partial charge in [-0.2, -0.15) is 0 Å². The zero-order valence-electron chi connectivity index (χ0n) is 12.0. The zero-order valence-corrected chi connectivity index (χ0v) is 14.2. The summed E-state index contributed by atoms with van der Waals surface area (Å²) >= 11 is 2.15. The number of rotatable bonds is 4. The first-order valence-corrected chi connectivity index (χ1v) is 7.49. The second kappa shape index (κ2) is 6.73. The molecule has 0 saturated heterocycles. The van der Waals surface area contributed by atoms with E-state index in [1.807, 2.05) is 18.2 Å². The van der Waals surface area contributed by atoms with Gasteiger partial charge in [-0.05, 0) is 46.9 Å². The van der Waals surface area contributed by atoms with Crippen molar-refractivity contribution >= 4 is 45.6 Å². The molecule has 0 unspecified atom stereocenters. The van der Waals surface area contributed by atoms with Crippen LogP contribution in [0, 0.1) is 13.7 Å². The Hall–Kier alpha value is -2.16. The number of non-ortho nitro benzene ring substituents is 1. The number of halogens is 1. The van der Waals surface area contributed by atoms with Gasteiger partial charge in [0.15, 0.2) is 0 Å². The Morgan fingerprint density at radius 2 is 1.95 bits per heavy atom. The molecular formula is C15H14IN3O3. The van der Waals surface area contributed by atoms with E-state index in [1.54, 1.807) is 31.1 Å². The molecule has 1 amide bonds. The first-order chi connectivity index (χ1) is 10.4. The summed E-state index contributed by atoms with van der Waals surface area (Å²) in [6.07, 6.45) is 0. The van der Waals surface area contributed by atoms with Gasteiger partial charge in [-0.25, -0.2) is 0 Å². The third-order valence-electron chi connectivity index (χ3n) is 3.00. The molecule has 0 aromatic heterocycles. The van der Waals surface area contributed by atoms with Gasteiger partial charge in [-0.15, -0.1) is 0 Å². The van der Waals surface area contributed by atoms with Crippen molar-refractivity contribution < 1.29 is 9.72 Å². The third-order valence-corrected chi connectivity index (χ3v) is 3.67. The SMILES string of the molecule is CN(C)c1ccc([N+](=O)[O-])cc1C(=O)Nc1cccc(I)c1. The Morgan fingerprint density at radius 3 is 2.55 bits per heavy atom. The van der Waals surface area contributed by atoms with Crippen LogP contribution in [0.4, 0.5) is 17.1 Å². The normalized spacial score (nSPS) is 10.1. The maximum Gasteiger partial charge on any atom is 0.270 e. The van der Waals surface area contributed by atoms with Crippen molar-refractivity contribution in [2.75, 3.05) is 24.3 Å². The molecule has 0 radical (unpaired) electrons. The molecule has 0 aliphatic rings. The molecule has 22 heavy (non-hydrogen) atoms. The van der Waals surface area contributed by atoms with E-state index in [4.69, 9.17) is 0 Å². The highest BCUT2D eigenvalue weighted by molar-refractivity contribution is 14.1. The van der Waals surface area contributed by atoms with E-state index in [2.05, 4.69) is 27.9 Å². The highest BCUT2D eigenvalue weighted by Gasteiger charge is 2.18. The fraction of sp³-hybridized carbons (Fsp3) is 0.133. The lowest BCUT2D eigenvalue weighted by molar-refractivity contribution is -0.384. The van der Waals surface area contributed by atoms with Crippen LogP contribution in [-0.4, -0.2) is 24.9 Å². The van der Waals surface area contributed by atoms with Crippen LogP contribution in [0.3, 0.4) is 0 Å². The van der Waals surface area contributed by atoms with Crippen molar-refractivity contribution in [1.82, 2.24) is 0 Å². The molecule has 2 aromatic carbocycles. The summed E-state index contributed by atoms with van der Waals surface area (Å²) < 4.78 is 0.988. The molecule has 0 fully saturated rings. The molecule has 0 aliphatic heterocycles. The predicted octanol–water partition coefficient (Wildman–Crippen LogP) is 3.52. The number of nitrogens with zero attached hydrogens (tertiary/aromatic N) is 2. The molecular weight excluding hydrogens is 397 g/mol. The van der Waals surface area contributed by atoms with Crippen LogP contribution in [-0.2, 0) is 0 Å². The average molecular weight is 411 g/mol. The molecule has 0 bridgehead atoms. The molecule has 0 atom stereocenters. The Labute approximate surface area is 141 Å². The monoisotopic (exact) mass is 411 g/mol. The van der Waals surface area contributed by atoms with Crippen molar-refractivity contribution in [3.8, 4) is 0 Å². The van der Waals surface area contributed by atoms with Crippen molar-refractivity contribution in [3.63, 3.8) is 0 Å². The number of amides is 1. The van der Waals surface area contributed by atoms with E-state index in [0.717, 1.165) is 3.57 Å². The van der Waals surface area contributed by atoms with Crippen LogP contribution in [0.5, 0.6) is 0 Å². The van der Waals surface area contributed by atoms with E-state index >= 15 is 0 Å². The Kier molecular flexibility index (Phi) is 4.96. The van der Waals surface area contributed by atoms with Crippen LogP contribution in [0.1, 0.15) is 10.4 Å². The van der Waals surface area contributed by atoms with E-state index in [-0.39, 0.29) is 17.2 Å². The number of carbonyl (C=O) groups excluding carboxylic acids is 1. The molecule has 7 heteroatoms. The summed E-state index contributed by atoms with van der Waals surface area (Å²) in [6, 6.07) is 11.6. The van der Waals surface area contributed by atoms with Gasteiger partial charge in [0, 0.05) is 41.2 Å². The standard InChI is InChI=1S/C15H14IN3O3/c1-18(2)14-7-6-12(19(21)22)9-13(14)15(20)17-11-5-3-4-10(16)8-11/h3-9H,1-2H3,(H,17,20). The van der Waals surface area contributed by atoms with Crippen LogP contribution < -0.4 is 10.2 Å². The molecule has 1 N–H and O–H groups in total. The molecule has 114 valence electrons. The molecule has 0 saturated carbocycles. The Morgan fingerprint density at radius 1 is 1.23 bits per heavy atom. The second-order valence-electron chi connectivity index (χ2n) is 4.82. The van der Waals surface area contributed by atoms with Gasteiger partial charge in [0.25, 0.3) is 11.6 Å². The third kappa shape index (κ3) is 3.73. The highest BCUT2D eigenvalue weighted by Crippen LogP contribution is 2.25. The molecule has 0 heterocycles. The lowest BCUT2D eigenvalue weighted by Gasteiger charge is -2.17. The quantitative estimate of drug-likeness (QED) is 0.475. The number of hydrogen-bond acceptors (Lipinski definition) is 4. The van der Waals surface area contributed by atoms with E-state index in [0.29, 0.717) is 11.4 Å². The number of hydrogen-bond donors (Lipinski definition) is 1. The molecule has 0 aliphatic carbocycles. The summed E-state index contributed by atoms with van der Waals surface area (Å²) in [4.78, 5) is 24.6. The van der Waals surface area contributed by atoms with Gasteiger partial charge in [0.05, 0.1) is 10.5 Å². The minimum atomic E-state index is -0.512. The minimum absolute atomic E-state index is 0.113. The first-order valence-electron chi connectivity index (χ1n) is 6.41. The van der Waals surface area contributed by atoms with Crippen LogP contribution in [0.25, 0.3) is 0 Å². The Bertz CT molecular complexity index is 732. The van der Waals surface area contributed by atoms with Crippen LogP contribution >= 0.6 is 22.6 Å². The maximum atomic E-state index is 12.5. The summed E-state index contributed by atoms with van der Waals surface area (Å²) in [5, 5.41) is 13.7. The predicted molar refractivity (Wildman–Crippen MR) is 94.5 cm³/mol. The number of nitrogens with one attached hydrogen (secondary N) is 1. The van der Waals surface area contributed by atoms with Gasteiger partial charge < -0.3 is 10.2 Å². The fourth-order valence-corrected chi connectivity index (χ4v) is 2.52. The molecule has 6 nitrogen and oxygen atoms in total. The summed E-state index contributed by atoms with van der Waals surface area (Å²) in [7, 11) is 3.56. The number of nitro benzene ring substituents is 1. The molecule has 0 spiro atoms. The van der Waals surface area contributed by atoms with E-state index in [1.165, 1.54) is 12.1 Å². The molecule has 2 rings (SSSR count). The summed E-state index contributed by atoms with van der Waals surface area (Å²) in [5.74, 6) is -0.380. The highest BCUT2D eigenvalue weighted by atomic mass is 127. The average Bonchev–Trinajstić information content (AvgIpc) is 2.46. The van der Waals surface area contributed by atoms with Crippen molar-refractivity contribution in [2.24, 2.45) is 0 Å². The number of anilines is 2. The lowest BCUT2D eigenvalue weighted by atomic mass is 10.1. The van der Waals surface area contributed by atoms with Gasteiger partial charge >= 0.3 is 0 Å². The van der Waals surface area contributed by atoms with Crippen LogP contribution in [0.2, 0.25) is 0 Å². The number of nitro groups is 1. The van der Waals surface area contributed by atoms with Crippen molar-refractivity contribution in [2.45, 2.75) is 0 Å². The first kappa shape index (κ1) is 16.2.